The highest BCUT2D eigenvalue weighted by molar-refractivity contribution is 5.91. The maximum atomic E-state index is 5.83. The van der Waals surface area contributed by atoms with E-state index in [4.69, 9.17) is 4.74 Å². The standard InChI is InChI=1S/C18H20N6O/c1-11(2)10-25-18-13-7-6-12(9-15(13)24(3)23-18)20-17-16-14(21-22-17)5-4-8-19-16/h4-9,11H,10H2,1-3H3,(H2,20,21,22). The SMILES string of the molecule is CC(C)COc1nn(C)c2cc(Nc3n[nH]c4cccnc34)ccc12. The van der Waals surface area contributed by atoms with Crippen molar-refractivity contribution in [3.05, 3.63) is 36.5 Å². The van der Waals surface area contributed by atoms with Crippen molar-refractivity contribution < 1.29 is 4.74 Å². The van der Waals surface area contributed by atoms with Crippen molar-refractivity contribution >= 4 is 33.4 Å². The molecular weight excluding hydrogens is 316 g/mol. The molecule has 25 heavy (non-hydrogen) atoms. The highest BCUT2D eigenvalue weighted by Gasteiger charge is 2.12. The molecule has 0 aliphatic rings. The Morgan fingerprint density at radius 1 is 1.28 bits per heavy atom. The molecule has 2 N–H and O–H groups in total. The third-order valence-corrected chi connectivity index (χ3v) is 3.95. The first-order chi connectivity index (χ1) is 12.1. The first-order valence-electron chi connectivity index (χ1n) is 8.27. The zero-order valence-electron chi connectivity index (χ0n) is 14.4. The Kier molecular flexibility index (Phi) is 3.76. The smallest absolute Gasteiger partial charge is 0.240 e. The molecule has 4 rings (SSSR count). The van der Waals surface area contributed by atoms with Gasteiger partial charge < -0.3 is 10.1 Å². The topological polar surface area (TPSA) is 80.6 Å². The Hall–Kier alpha value is -3.09. The predicted octanol–water partition coefficient (Wildman–Crippen LogP) is 3.62. The Bertz CT molecular complexity index is 1030. The van der Waals surface area contributed by atoms with Crippen LogP contribution in [-0.4, -0.2) is 31.6 Å². The zero-order valence-corrected chi connectivity index (χ0v) is 14.4. The Balaban J connectivity index is 1.66. The number of anilines is 2. The lowest BCUT2D eigenvalue weighted by atomic mass is 10.2. The molecule has 3 aromatic heterocycles. The molecule has 3 heterocycles. The van der Waals surface area contributed by atoms with E-state index in [1.165, 1.54) is 0 Å². The van der Waals surface area contributed by atoms with Gasteiger partial charge >= 0.3 is 0 Å². The molecule has 0 saturated heterocycles. The summed E-state index contributed by atoms with van der Waals surface area (Å²) in [7, 11) is 1.92. The minimum atomic E-state index is 0.457. The number of hydrogen-bond acceptors (Lipinski definition) is 5. The van der Waals surface area contributed by atoms with E-state index < -0.39 is 0 Å². The minimum Gasteiger partial charge on any atom is -0.476 e. The van der Waals surface area contributed by atoms with Crippen molar-refractivity contribution in [2.45, 2.75) is 13.8 Å². The summed E-state index contributed by atoms with van der Waals surface area (Å²) in [4.78, 5) is 4.37. The summed E-state index contributed by atoms with van der Waals surface area (Å²) >= 11 is 0. The molecule has 7 nitrogen and oxygen atoms in total. The monoisotopic (exact) mass is 336 g/mol. The molecule has 0 aliphatic heterocycles. The molecule has 128 valence electrons. The number of rotatable bonds is 5. The summed E-state index contributed by atoms with van der Waals surface area (Å²) in [5.74, 6) is 1.83. The molecule has 1 aromatic carbocycles. The van der Waals surface area contributed by atoms with Crippen LogP contribution < -0.4 is 10.1 Å². The Morgan fingerprint density at radius 3 is 3.00 bits per heavy atom. The summed E-state index contributed by atoms with van der Waals surface area (Å²) in [6.07, 6.45) is 1.76. The first-order valence-corrected chi connectivity index (χ1v) is 8.27. The summed E-state index contributed by atoms with van der Waals surface area (Å²) in [5.41, 5.74) is 3.63. The molecule has 0 atom stereocenters. The van der Waals surface area contributed by atoms with Gasteiger partial charge in [0.1, 0.15) is 5.52 Å². The van der Waals surface area contributed by atoms with Crippen LogP contribution in [0.1, 0.15) is 13.8 Å². The quantitative estimate of drug-likeness (QED) is 0.582. The number of nitrogens with one attached hydrogen (secondary N) is 2. The van der Waals surface area contributed by atoms with Crippen LogP contribution >= 0.6 is 0 Å². The largest absolute Gasteiger partial charge is 0.476 e. The van der Waals surface area contributed by atoms with E-state index >= 15 is 0 Å². The van der Waals surface area contributed by atoms with Gasteiger partial charge in [0.05, 0.1) is 23.0 Å². The number of aromatic amines is 1. The Morgan fingerprint density at radius 2 is 2.16 bits per heavy atom. The molecule has 4 aromatic rings. The van der Waals surface area contributed by atoms with Crippen molar-refractivity contribution in [3.63, 3.8) is 0 Å². The van der Waals surface area contributed by atoms with Crippen molar-refractivity contribution in [3.8, 4) is 5.88 Å². The van der Waals surface area contributed by atoms with Crippen molar-refractivity contribution in [2.75, 3.05) is 11.9 Å². The van der Waals surface area contributed by atoms with Gasteiger partial charge in [-0.05, 0) is 36.2 Å². The minimum absolute atomic E-state index is 0.457. The maximum absolute atomic E-state index is 5.83. The van der Waals surface area contributed by atoms with E-state index in [1.807, 2.05) is 42.1 Å². The summed E-state index contributed by atoms with van der Waals surface area (Å²) in [5, 5.41) is 16.1. The van der Waals surface area contributed by atoms with E-state index in [-0.39, 0.29) is 0 Å². The van der Waals surface area contributed by atoms with E-state index in [2.05, 4.69) is 39.4 Å². The number of fused-ring (bicyclic) bond motifs is 2. The summed E-state index contributed by atoms with van der Waals surface area (Å²) in [6, 6.07) is 9.88. The molecule has 0 fully saturated rings. The molecule has 0 bridgehead atoms. The Labute approximate surface area is 145 Å². The highest BCUT2D eigenvalue weighted by atomic mass is 16.5. The number of pyridine rings is 1. The maximum Gasteiger partial charge on any atom is 0.240 e. The van der Waals surface area contributed by atoms with Gasteiger partial charge in [-0.15, -0.1) is 5.10 Å². The van der Waals surface area contributed by atoms with Crippen LogP contribution in [0.3, 0.4) is 0 Å². The van der Waals surface area contributed by atoms with Crippen LogP contribution in [0.15, 0.2) is 36.5 Å². The number of hydrogen-bond donors (Lipinski definition) is 2. The second kappa shape index (κ2) is 6.08. The fraction of sp³-hybridized carbons (Fsp3) is 0.278. The zero-order chi connectivity index (χ0) is 17.4. The number of aromatic nitrogens is 5. The van der Waals surface area contributed by atoms with E-state index in [1.54, 1.807) is 6.20 Å². The number of nitrogens with zero attached hydrogens (tertiary/aromatic N) is 4. The van der Waals surface area contributed by atoms with Gasteiger partial charge in [-0.25, -0.2) is 0 Å². The highest BCUT2D eigenvalue weighted by Crippen LogP contribution is 2.29. The first kappa shape index (κ1) is 15.4. The van der Waals surface area contributed by atoms with Gasteiger partial charge in [0.2, 0.25) is 5.88 Å². The average Bonchev–Trinajstić information content (AvgIpc) is 3.15. The van der Waals surface area contributed by atoms with Gasteiger partial charge in [0.15, 0.2) is 5.82 Å². The van der Waals surface area contributed by atoms with Crippen LogP contribution in [0.4, 0.5) is 11.5 Å². The fourth-order valence-electron chi connectivity index (χ4n) is 2.73. The normalized spacial score (nSPS) is 11.5. The second-order valence-corrected chi connectivity index (χ2v) is 6.46. The number of benzene rings is 1. The number of H-pyrrole nitrogens is 1. The molecule has 0 amide bonds. The molecule has 0 spiro atoms. The van der Waals surface area contributed by atoms with Crippen LogP contribution in [0.5, 0.6) is 5.88 Å². The fourth-order valence-corrected chi connectivity index (χ4v) is 2.73. The lowest BCUT2D eigenvalue weighted by molar-refractivity contribution is 0.262. The van der Waals surface area contributed by atoms with Gasteiger partial charge in [-0.2, -0.15) is 5.10 Å². The van der Waals surface area contributed by atoms with Gasteiger partial charge in [-0.3, -0.25) is 14.8 Å². The molecule has 7 heteroatoms. The predicted molar refractivity (Wildman–Crippen MR) is 98.2 cm³/mol. The van der Waals surface area contributed by atoms with Crippen LogP contribution in [0, 0.1) is 5.92 Å². The third-order valence-electron chi connectivity index (χ3n) is 3.95. The second-order valence-electron chi connectivity index (χ2n) is 6.46. The van der Waals surface area contributed by atoms with Crippen LogP contribution in [0.25, 0.3) is 21.9 Å². The molecule has 0 saturated carbocycles. The average molecular weight is 336 g/mol. The van der Waals surface area contributed by atoms with Gasteiger partial charge in [0, 0.05) is 18.9 Å². The third kappa shape index (κ3) is 2.88. The van der Waals surface area contributed by atoms with Crippen LogP contribution in [-0.2, 0) is 7.05 Å². The van der Waals surface area contributed by atoms with Gasteiger partial charge in [-0.1, -0.05) is 13.8 Å². The van der Waals surface area contributed by atoms with E-state index in [0.29, 0.717) is 24.2 Å². The number of ether oxygens (including phenoxy) is 1. The van der Waals surface area contributed by atoms with Crippen molar-refractivity contribution in [1.82, 2.24) is 25.0 Å². The summed E-state index contributed by atoms with van der Waals surface area (Å²) in [6.45, 7) is 4.89. The molecule has 0 unspecified atom stereocenters. The summed E-state index contributed by atoms with van der Waals surface area (Å²) < 4.78 is 7.66. The molecule has 0 aliphatic carbocycles. The van der Waals surface area contributed by atoms with Gasteiger partial charge in [0.25, 0.3) is 0 Å². The van der Waals surface area contributed by atoms with E-state index in [0.717, 1.165) is 27.6 Å². The van der Waals surface area contributed by atoms with E-state index in [9.17, 15) is 0 Å². The van der Waals surface area contributed by atoms with Crippen molar-refractivity contribution in [1.29, 1.82) is 0 Å². The van der Waals surface area contributed by atoms with Crippen molar-refractivity contribution in [2.24, 2.45) is 13.0 Å². The molecule has 0 radical (unpaired) electrons. The van der Waals surface area contributed by atoms with Crippen LogP contribution in [0.2, 0.25) is 0 Å². The lowest BCUT2D eigenvalue weighted by Crippen LogP contribution is -2.05. The lowest BCUT2D eigenvalue weighted by Gasteiger charge is -2.06. The number of aryl methyl sites for hydroxylation is 1. The molecular formula is C18H20N6O.